The van der Waals surface area contributed by atoms with Gasteiger partial charge in [0.2, 0.25) is 0 Å². The number of fused-ring (bicyclic) bond motifs is 2. The summed E-state index contributed by atoms with van der Waals surface area (Å²) in [7, 11) is 0. The highest BCUT2D eigenvalue weighted by molar-refractivity contribution is 7.98. The second-order valence-electron chi connectivity index (χ2n) is 7.44. The number of hydrogen-bond donors (Lipinski definition) is 3. The van der Waals surface area contributed by atoms with Gasteiger partial charge in [0.05, 0.1) is 23.7 Å². The monoisotopic (exact) mass is 423 g/mol. The Morgan fingerprint density at radius 3 is 2.87 bits per heavy atom. The Labute approximate surface area is 178 Å². The average Bonchev–Trinajstić information content (AvgIpc) is 3.36. The minimum absolute atomic E-state index is 0.109. The summed E-state index contributed by atoms with van der Waals surface area (Å²) in [4.78, 5) is 25.0. The maximum atomic E-state index is 12.6. The van der Waals surface area contributed by atoms with Crippen LogP contribution in [0.5, 0.6) is 0 Å². The van der Waals surface area contributed by atoms with E-state index >= 15 is 0 Å². The fraction of sp³-hybridized carbons (Fsp3) is 0.333. The number of para-hydroxylation sites is 1. The van der Waals surface area contributed by atoms with Crippen LogP contribution in [0, 0.1) is 5.92 Å². The van der Waals surface area contributed by atoms with E-state index < -0.39 is 0 Å². The zero-order valence-electron chi connectivity index (χ0n) is 17.3. The first-order valence-electron chi connectivity index (χ1n) is 9.92. The van der Waals surface area contributed by atoms with Gasteiger partial charge in [0, 0.05) is 30.2 Å². The second-order valence-corrected chi connectivity index (χ2v) is 8.22. The first-order chi connectivity index (χ1) is 14.6. The van der Waals surface area contributed by atoms with Gasteiger partial charge >= 0.3 is 0 Å². The number of benzene rings is 1. The molecule has 3 aromatic heterocycles. The van der Waals surface area contributed by atoms with Crippen LogP contribution in [0.3, 0.4) is 0 Å². The first-order valence-corrected chi connectivity index (χ1v) is 11.1. The van der Waals surface area contributed by atoms with Gasteiger partial charge in [-0.15, -0.1) is 0 Å². The van der Waals surface area contributed by atoms with E-state index in [0.29, 0.717) is 29.7 Å². The van der Waals surface area contributed by atoms with Crippen molar-refractivity contribution in [2.24, 2.45) is 5.92 Å². The Balaban J connectivity index is 1.48. The standard InChI is InChI=1S/C21H25N7OS/c1-13(2)10-24-18-16-12-25-28(19(16)27-21(26-18)30-3)9-8-22-20(29)15-11-23-17-7-5-4-6-14(15)17/h4-7,11-13,23H,8-10H2,1-3H3,(H,22,29)(H,24,26,27). The lowest BCUT2D eigenvalue weighted by Crippen LogP contribution is -2.27. The normalized spacial score (nSPS) is 11.5. The van der Waals surface area contributed by atoms with Crippen molar-refractivity contribution in [3.8, 4) is 0 Å². The number of nitrogens with one attached hydrogen (secondary N) is 3. The van der Waals surface area contributed by atoms with E-state index in [1.807, 2.05) is 35.2 Å². The molecule has 0 spiro atoms. The van der Waals surface area contributed by atoms with Gasteiger partial charge in [0.1, 0.15) is 5.82 Å². The van der Waals surface area contributed by atoms with Crippen LogP contribution >= 0.6 is 11.8 Å². The zero-order chi connectivity index (χ0) is 21.1. The molecule has 9 heteroatoms. The van der Waals surface area contributed by atoms with Crippen LogP contribution in [-0.2, 0) is 6.54 Å². The SMILES string of the molecule is CSc1nc(NCC(C)C)c2cnn(CCNC(=O)c3c[nH]c4ccccc34)c2n1. The molecular formula is C21H25N7OS. The highest BCUT2D eigenvalue weighted by Crippen LogP contribution is 2.23. The Kier molecular flexibility index (Phi) is 5.89. The van der Waals surface area contributed by atoms with Crippen molar-refractivity contribution >= 4 is 45.4 Å². The minimum atomic E-state index is -0.109. The maximum absolute atomic E-state index is 12.6. The molecule has 0 saturated heterocycles. The highest BCUT2D eigenvalue weighted by Gasteiger charge is 2.14. The van der Waals surface area contributed by atoms with Crippen molar-refractivity contribution < 1.29 is 4.79 Å². The van der Waals surface area contributed by atoms with Crippen molar-refractivity contribution in [1.29, 1.82) is 0 Å². The Bertz CT molecular complexity index is 1180. The van der Waals surface area contributed by atoms with Gasteiger partial charge in [-0.3, -0.25) is 4.79 Å². The van der Waals surface area contributed by atoms with Crippen LogP contribution in [0.25, 0.3) is 21.9 Å². The van der Waals surface area contributed by atoms with Crippen LogP contribution in [0.15, 0.2) is 41.8 Å². The summed E-state index contributed by atoms with van der Waals surface area (Å²) in [5.74, 6) is 1.19. The summed E-state index contributed by atoms with van der Waals surface area (Å²) in [6, 6.07) is 7.76. The van der Waals surface area contributed by atoms with Crippen molar-refractivity contribution in [2.75, 3.05) is 24.7 Å². The van der Waals surface area contributed by atoms with Gasteiger partial charge in [-0.2, -0.15) is 5.10 Å². The van der Waals surface area contributed by atoms with E-state index in [-0.39, 0.29) is 5.91 Å². The number of thioether (sulfide) groups is 1. The van der Waals surface area contributed by atoms with E-state index in [0.717, 1.165) is 34.3 Å². The third-order valence-corrected chi connectivity index (χ3v) is 5.33. The van der Waals surface area contributed by atoms with Crippen LogP contribution in [0.2, 0.25) is 0 Å². The molecule has 0 aliphatic carbocycles. The van der Waals surface area contributed by atoms with Crippen molar-refractivity contribution in [2.45, 2.75) is 25.5 Å². The molecule has 0 radical (unpaired) electrons. The molecule has 0 aliphatic rings. The quantitative estimate of drug-likeness (QED) is 0.296. The van der Waals surface area contributed by atoms with Gasteiger partial charge in [0.15, 0.2) is 10.8 Å². The Hall–Kier alpha value is -3.07. The summed E-state index contributed by atoms with van der Waals surface area (Å²) in [6.45, 7) is 6.10. The van der Waals surface area contributed by atoms with Gasteiger partial charge in [-0.1, -0.05) is 43.8 Å². The number of H-pyrrole nitrogens is 1. The number of rotatable bonds is 8. The Morgan fingerprint density at radius 2 is 2.07 bits per heavy atom. The number of aromatic amines is 1. The summed E-state index contributed by atoms with van der Waals surface area (Å²) in [5, 5.41) is 13.3. The van der Waals surface area contributed by atoms with Crippen LogP contribution in [0.4, 0.5) is 5.82 Å². The predicted molar refractivity (Wildman–Crippen MR) is 121 cm³/mol. The van der Waals surface area contributed by atoms with Gasteiger partial charge in [0.25, 0.3) is 5.91 Å². The van der Waals surface area contributed by atoms with E-state index in [1.54, 1.807) is 12.4 Å². The molecule has 4 rings (SSSR count). The molecular weight excluding hydrogens is 398 g/mol. The molecule has 30 heavy (non-hydrogen) atoms. The number of aromatic nitrogens is 5. The highest BCUT2D eigenvalue weighted by atomic mass is 32.2. The number of hydrogen-bond acceptors (Lipinski definition) is 6. The summed E-state index contributed by atoms with van der Waals surface area (Å²) < 4.78 is 1.81. The molecule has 0 atom stereocenters. The molecule has 3 heterocycles. The fourth-order valence-corrected chi connectivity index (χ4v) is 3.62. The Morgan fingerprint density at radius 1 is 1.23 bits per heavy atom. The lowest BCUT2D eigenvalue weighted by atomic mass is 10.1. The third kappa shape index (κ3) is 4.11. The van der Waals surface area contributed by atoms with Crippen molar-refractivity contribution in [1.82, 2.24) is 30.0 Å². The molecule has 0 saturated carbocycles. The smallest absolute Gasteiger partial charge is 0.253 e. The van der Waals surface area contributed by atoms with E-state index in [2.05, 4.69) is 44.5 Å². The van der Waals surface area contributed by atoms with Gasteiger partial charge in [-0.25, -0.2) is 14.6 Å². The van der Waals surface area contributed by atoms with E-state index in [4.69, 9.17) is 0 Å². The average molecular weight is 424 g/mol. The molecule has 1 amide bonds. The molecule has 0 bridgehead atoms. The topological polar surface area (TPSA) is 101 Å². The second kappa shape index (κ2) is 8.74. The van der Waals surface area contributed by atoms with Gasteiger partial charge in [-0.05, 0) is 18.2 Å². The first kappa shape index (κ1) is 20.2. The number of amides is 1. The van der Waals surface area contributed by atoms with Gasteiger partial charge < -0.3 is 15.6 Å². The molecule has 156 valence electrons. The molecule has 4 aromatic rings. The summed E-state index contributed by atoms with van der Waals surface area (Å²) >= 11 is 1.50. The fourth-order valence-electron chi connectivity index (χ4n) is 3.26. The number of carbonyl (C=O) groups excluding carboxylic acids is 1. The predicted octanol–water partition coefficient (Wildman–Crippen LogP) is 3.53. The largest absolute Gasteiger partial charge is 0.369 e. The van der Waals surface area contributed by atoms with Crippen molar-refractivity contribution in [3.63, 3.8) is 0 Å². The maximum Gasteiger partial charge on any atom is 0.253 e. The van der Waals surface area contributed by atoms with E-state index in [9.17, 15) is 4.79 Å². The summed E-state index contributed by atoms with van der Waals surface area (Å²) in [5.41, 5.74) is 2.36. The number of nitrogens with zero attached hydrogens (tertiary/aromatic N) is 4. The number of carbonyl (C=O) groups is 1. The minimum Gasteiger partial charge on any atom is -0.369 e. The molecule has 8 nitrogen and oxygen atoms in total. The van der Waals surface area contributed by atoms with Crippen LogP contribution in [-0.4, -0.2) is 50.0 Å². The molecule has 0 unspecified atom stereocenters. The molecule has 0 fully saturated rings. The van der Waals surface area contributed by atoms with Crippen LogP contribution in [0.1, 0.15) is 24.2 Å². The lowest BCUT2D eigenvalue weighted by molar-refractivity contribution is 0.0953. The zero-order valence-corrected chi connectivity index (χ0v) is 18.1. The molecule has 0 aliphatic heterocycles. The number of anilines is 1. The molecule has 1 aromatic carbocycles. The third-order valence-electron chi connectivity index (χ3n) is 4.78. The lowest BCUT2D eigenvalue weighted by Gasteiger charge is -2.10. The van der Waals surface area contributed by atoms with E-state index in [1.165, 1.54) is 11.8 Å². The van der Waals surface area contributed by atoms with Crippen LogP contribution < -0.4 is 10.6 Å². The van der Waals surface area contributed by atoms with Crippen molar-refractivity contribution in [3.05, 3.63) is 42.2 Å². The summed E-state index contributed by atoms with van der Waals surface area (Å²) in [6.07, 6.45) is 5.48. The molecule has 3 N–H and O–H groups in total.